The molecule has 0 aromatic heterocycles. The molecule has 0 spiro atoms. The SMILES string of the molecule is CCCC(CCCC(=O)c1ccccc1C=O)c1cccc(CC)c1.Cc1ccc(C)cc1. The zero-order valence-electron chi connectivity index (χ0n) is 20.6. The summed E-state index contributed by atoms with van der Waals surface area (Å²) >= 11 is 0. The molecule has 1 unspecified atom stereocenters. The first kappa shape index (κ1) is 26.3. The number of aldehydes is 1. The molecule has 0 bridgehead atoms. The van der Waals surface area contributed by atoms with E-state index in [-0.39, 0.29) is 5.78 Å². The maximum absolute atomic E-state index is 12.4. The maximum atomic E-state index is 12.4. The van der Waals surface area contributed by atoms with E-state index in [2.05, 4.69) is 76.2 Å². The fraction of sp³-hybridized carbons (Fsp3) is 0.355. The van der Waals surface area contributed by atoms with Crippen LogP contribution in [0.25, 0.3) is 0 Å². The average Bonchev–Trinajstić information content (AvgIpc) is 2.85. The lowest BCUT2D eigenvalue weighted by Crippen LogP contribution is -2.05. The number of carbonyl (C=O) groups excluding carboxylic acids is 2. The Bertz CT molecular complexity index is 980. The van der Waals surface area contributed by atoms with Gasteiger partial charge in [0.1, 0.15) is 0 Å². The summed E-state index contributed by atoms with van der Waals surface area (Å²) in [7, 11) is 0. The fourth-order valence-corrected chi connectivity index (χ4v) is 4.03. The van der Waals surface area contributed by atoms with Crippen molar-refractivity contribution in [3.8, 4) is 0 Å². The van der Waals surface area contributed by atoms with Crippen LogP contribution in [0.2, 0.25) is 0 Å². The monoisotopic (exact) mass is 442 g/mol. The first-order valence-corrected chi connectivity index (χ1v) is 12.2. The number of hydrogen-bond acceptors (Lipinski definition) is 2. The minimum Gasteiger partial charge on any atom is -0.298 e. The third-order valence-electron chi connectivity index (χ3n) is 6.03. The minimum atomic E-state index is 0.0697. The second-order valence-corrected chi connectivity index (χ2v) is 8.76. The van der Waals surface area contributed by atoms with Crippen LogP contribution in [0.3, 0.4) is 0 Å². The lowest BCUT2D eigenvalue weighted by atomic mass is 9.87. The number of rotatable bonds is 10. The van der Waals surface area contributed by atoms with Crippen molar-refractivity contribution >= 4 is 12.1 Å². The van der Waals surface area contributed by atoms with Crippen LogP contribution in [0.1, 0.15) is 94.8 Å². The van der Waals surface area contributed by atoms with Crippen LogP contribution >= 0.6 is 0 Å². The number of hydrogen-bond donors (Lipinski definition) is 0. The Balaban J connectivity index is 0.000000405. The van der Waals surface area contributed by atoms with Gasteiger partial charge in [0, 0.05) is 17.5 Å². The summed E-state index contributed by atoms with van der Waals surface area (Å²) in [6.07, 6.45) is 6.47. The first-order chi connectivity index (χ1) is 16.0. The first-order valence-electron chi connectivity index (χ1n) is 12.2. The van der Waals surface area contributed by atoms with E-state index in [9.17, 15) is 9.59 Å². The van der Waals surface area contributed by atoms with Gasteiger partial charge in [-0.25, -0.2) is 0 Å². The largest absolute Gasteiger partial charge is 0.298 e. The third-order valence-corrected chi connectivity index (χ3v) is 6.03. The molecule has 0 radical (unpaired) electrons. The Labute approximate surface area is 200 Å². The van der Waals surface area contributed by atoms with E-state index in [1.165, 1.54) is 22.3 Å². The van der Waals surface area contributed by atoms with E-state index < -0.39 is 0 Å². The zero-order valence-corrected chi connectivity index (χ0v) is 20.6. The molecule has 0 amide bonds. The molecule has 1 atom stereocenters. The molecule has 33 heavy (non-hydrogen) atoms. The summed E-state index contributed by atoms with van der Waals surface area (Å²) in [5.41, 5.74) is 6.47. The van der Waals surface area contributed by atoms with Crippen molar-refractivity contribution in [1.29, 1.82) is 0 Å². The molecule has 3 rings (SSSR count). The van der Waals surface area contributed by atoms with Gasteiger partial charge in [0.15, 0.2) is 12.1 Å². The van der Waals surface area contributed by atoms with Crippen molar-refractivity contribution < 1.29 is 9.59 Å². The summed E-state index contributed by atoms with van der Waals surface area (Å²) in [6.45, 7) is 8.58. The van der Waals surface area contributed by atoms with Crippen molar-refractivity contribution in [3.63, 3.8) is 0 Å². The normalized spacial score (nSPS) is 11.3. The number of ketones is 1. The van der Waals surface area contributed by atoms with Gasteiger partial charge in [0.05, 0.1) is 0 Å². The van der Waals surface area contributed by atoms with Crippen LogP contribution in [-0.4, -0.2) is 12.1 Å². The molecular formula is C31H38O2. The van der Waals surface area contributed by atoms with Crippen LogP contribution in [-0.2, 0) is 6.42 Å². The predicted molar refractivity (Wildman–Crippen MR) is 139 cm³/mol. The van der Waals surface area contributed by atoms with Crippen LogP contribution in [0, 0.1) is 13.8 Å². The van der Waals surface area contributed by atoms with Gasteiger partial charge < -0.3 is 0 Å². The maximum Gasteiger partial charge on any atom is 0.163 e. The van der Waals surface area contributed by atoms with Crippen molar-refractivity contribution in [3.05, 3.63) is 106 Å². The molecule has 0 heterocycles. The van der Waals surface area contributed by atoms with E-state index in [1.807, 2.05) is 6.07 Å². The topological polar surface area (TPSA) is 34.1 Å². The van der Waals surface area contributed by atoms with Crippen LogP contribution in [0.4, 0.5) is 0 Å². The standard InChI is InChI=1S/C23H28O2.C8H10/c1-3-9-19(20-13-7-10-18(4-2)16-20)12-8-15-23(25)22-14-6-5-11-21(22)17-24;1-7-3-5-8(2)6-4-7/h5-7,10-11,13-14,16-17,19H,3-4,8-9,12,15H2,1-2H3;3-6H,1-2H3. The Morgan fingerprint density at radius 3 is 2.12 bits per heavy atom. The molecule has 0 saturated heterocycles. The van der Waals surface area contributed by atoms with E-state index >= 15 is 0 Å². The molecule has 0 fully saturated rings. The van der Waals surface area contributed by atoms with Gasteiger partial charge in [-0.1, -0.05) is 104 Å². The van der Waals surface area contributed by atoms with E-state index in [1.54, 1.807) is 18.2 Å². The van der Waals surface area contributed by atoms with E-state index in [0.717, 1.165) is 38.4 Å². The second kappa shape index (κ2) is 14.2. The summed E-state index contributed by atoms with van der Waals surface area (Å²) in [4.78, 5) is 23.5. The lowest BCUT2D eigenvalue weighted by molar-refractivity contribution is 0.0972. The van der Waals surface area contributed by atoms with Gasteiger partial charge in [-0.05, 0) is 56.6 Å². The van der Waals surface area contributed by atoms with Gasteiger partial charge in [-0.3, -0.25) is 9.59 Å². The highest BCUT2D eigenvalue weighted by Crippen LogP contribution is 2.28. The highest BCUT2D eigenvalue weighted by atomic mass is 16.1. The van der Waals surface area contributed by atoms with E-state index in [0.29, 0.717) is 23.5 Å². The molecular weight excluding hydrogens is 404 g/mol. The van der Waals surface area contributed by atoms with Gasteiger partial charge in [-0.15, -0.1) is 0 Å². The van der Waals surface area contributed by atoms with Crippen LogP contribution < -0.4 is 0 Å². The van der Waals surface area contributed by atoms with Gasteiger partial charge in [-0.2, -0.15) is 0 Å². The molecule has 0 aliphatic rings. The highest BCUT2D eigenvalue weighted by Gasteiger charge is 2.14. The summed E-state index contributed by atoms with van der Waals surface area (Å²) in [5, 5.41) is 0. The number of carbonyl (C=O) groups is 2. The Kier molecular flexibility index (Phi) is 11.3. The summed E-state index contributed by atoms with van der Waals surface area (Å²) < 4.78 is 0. The van der Waals surface area contributed by atoms with Crippen LogP contribution in [0.5, 0.6) is 0 Å². The lowest BCUT2D eigenvalue weighted by Gasteiger charge is -2.17. The Morgan fingerprint density at radius 1 is 0.848 bits per heavy atom. The van der Waals surface area contributed by atoms with Crippen molar-refractivity contribution in [1.82, 2.24) is 0 Å². The molecule has 174 valence electrons. The zero-order chi connectivity index (χ0) is 24.1. The molecule has 3 aromatic rings. The average molecular weight is 443 g/mol. The molecule has 3 aromatic carbocycles. The van der Waals surface area contributed by atoms with Crippen LogP contribution in [0.15, 0.2) is 72.8 Å². The Morgan fingerprint density at radius 2 is 1.52 bits per heavy atom. The van der Waals surface area contributed by atoms with E-state index in [4.69, 9.17) is 0 Å². The molecule has 2 nitrogen and oxygen atoms in total. The number of Topliss-reactive ketones (excluding diaryl/α,β-unsaturated/α-hetero) is 1. The van der Waals surface area contributed by atoms with Gasteiger partial charge in [0.25, 0.3) is 0 Å². The predicted octanol–water partition coefficient (Wildman–Crippen LogP) is 8.30. The highest BCUT2D eigenvalue weighted by molar-refractivity contribution is 6.02. The van der Waals surface area contributed by atoms with Gasteiger partial charge >= 0.3 is 0 Å². The minimum absolute atomic E-state index is 0.0697. The molecule has 0 N–H and O–H groups in total. The second-order valence-electron chi connectivity index (χ2n) is 8.76. The molecule has 0 aliphatic heterocycles. The third kappa shape index (κ3) is 8.81. The molecule has 0 aliphatic carbocycles. The fourth-order valence-electron chi connectivity index (χ4n) is 4.03. The smallest absolute Gasteiger partial charge is 0.163 e. The number of benzene rings is 3. The number of aryl methyl sites for hydroxylation is 3. The summed E-state index contributed by atoms with van der Waals surface area (Å²) in [5.74, 6) is 0.575. The quantitative estimate of drug-likeness (QED) is 0.234. The van der Waals surface area contributed by atoms with Crippen molar-refractivity contribution in [2.24, 2.45) is 0 Å². The van der Waals surface area contributed by atoms with Crippen molar-refractivity contribution in [2.45, 2.75) is 72.1 Å². The summed E-state index contributed by atoms with van der Waals surface area (Å²) in [6, 6.07) is 24.4. The molecule has 0 saturated carbocycles. The van der Waals surface area contributed by atoms with Gasteiger partial charge in [0.2, 0.25) is 0 Å². The van der Waals surface area contributed by atoms with Crippen molar-refractivity contribution in [2.75, 3.05) is 0 Å². The molecule has 2 heteroatoms. The Hall–Kier alpha value is -3.00.